The molecule has 8 nitrogen and oxygen atoms in total. The molecule has 2 N–H and O–H groups in total. The molecule has 3 fully saturated rings. The number of thiophene rings is 1. The van der Waals surface area contributed by atoms with Gasteiger partial charge in [-0.05, 0) is 82.1 Å². The number of hydrogen-bond donors (Lipinski definition) is 2. The monoisotopic (exact) mass is 655 g/mol. The van der Waals surface area contributed by atoms with Crippen molar-refractivity contribution < 1.29 is 28.6 Å². The maximum atomic E-state index is 15.7. The molecular formula is C34H39ClFN3O5S. The first kappa shape index (κ1) is 32.1. The molecule has 11 heteroatoms. The lowest BCUT2D eigenvalue weighted by molar-refractivity contribution is -0.258. The summed E-state index contributed by atoms with van der Waals surface area (Å²) in [5, 5.41) is 15.0. The summed E-state index contributed by atoms with van der Waals surface area (Å²) < 4.78 is 23.6. The zero-order chi connectivity index (χ0) is 31.7. The minimum Gasteiger partial charge on any atom is -0.481 e. The second kappa shape index (κ2) is 13.5. The number of rotatable bonds is 10. The molecule has 2 atom stereocenters. The van der Waals surface area contributed by atoms with Gasteiger partial charge in [0.1, 0.15) is 5.82 Å². The Balaban J connectivity index is 1.27. The first-order valence-electron chi connectivity index (χ1n) is 15.9. The molecule has 3 aromatic rings. The summed E-state index contributed by atoms with van der Waals surface area (Å²) in [6, 6.07) is 10.3. The summed E-state index contributed by atoms with van der Waals surface area (Å²) in [4.78, 5) is 43.6. The predicted octanol–water partition coefficient (Wildman–Crippen LogP) is 6.95. The normalized spacial score (nSPS) is 24.1. The van der Waals surface area contributed by atoms with Crippen molar-refractivity contribution in [3.63, 3.8) is 0 Å². The number of anilines is 1. The van der Waals surface area contributed by atoms with Crippen LogP contribution in [0.15, 0.2) is 41.8 Å². The van der Waals surface area contributed by atoms with E-state index in [0.717, 1.165) is 35.8 Å². The van der Waals surface area contributed by atoms with Gasteiger partial charge in [0.2, 0.25) is 5.85 Å². The van der Waals surface area contributed by atoms with Crippen LogP contribution >= 0.6 is 22.9 Å². The number of fused-ring (bicyclic) bond motifs is 1. The average molecular weight is 656 g/mol. The first-order valence-corrected chi connectivity index (χ1v) is 17.1. The highest BCUT2D eigenvalue weighted by Crippen LogP contribution is 2.40. The second-order valence-electron chi connectivity index (χ2n) is 12.5. The van der Waals surface area contributed by atoms with E-state index in [9.17, 15) is 19.5 Å². The predicted molar refractivity (Wildman–Crippen MR) is 173 cm³/mol. The number of amides is 1. The van der Waals surface area contributed by atoms with Crippen LogP contribution in [-0.2, 0) is 20.7 Å². The molecule has 3 heterocycles. The van der Waals surface area contributed by atoms with E-state index < -0.39 is 23.6 Å². The van der Waals surface area contributed by atoms with E-state index in [-0.39, 0.29) is 46.5 Å². The van der Waals surface area contributed by atoms with Crippen LogP contribution in [-0.4, -0.2) is 70.2 Å². The molecule has 2 saturated heterocycles. The lowest BCUT2D eigenvalue weighted by Gasteiger charge is -2.50. The van der Waals surface area contributed by atoms with Crippen LogP contribution in [0, 0.1) is 11.7 Å². The Bertz CT molecular complexity index is 1590. The zero-order valence-corrected chi connectivity index (χ0v) is 27.0. The van der Waals surface area contributed by atoms with E-state index >= 15 is 4.39 Å². The second-order valence-corrected chi connectivity index (χ2v) is 13.9. The summed E-state index contributed by atoms with van der Waals surface area (Å²) in [6.45, 7) is 4.15. The molecule has 1 amide bonds. The van der Waals surface area contributed by atoms with E-state index in [1.165, 1.54) is 23.5 Å². The summed E-state index contributed by atoms with van der Waals surface area (Å²) in [5.74, 6) is -3.85. The maximum absolute atomic E-state index is 15.7. The number of halogens is 2. The maximum Gasteiger partial charge on any atom is 0.306 e. The molecule has 3 aliphatic rings. The number of aliphatic carboxylic acids is 1. The third kappa shape index (κ3) is 6.40. The molecule has 1 unspecified atom stereocenters. The molecule has 45 heavy (non-hydrogen) atoms. The molecule has 1 aliphatic carbocycles. The quantitative estimate of drug-likeness (QED) is 0.244. The first-order chi connectivity index (χ1) is 21.7. The SMILES string of the molecule is C[C@H]1CCCN1C(O[C@H]1CC[C@H](C(=O)O)CC1)(C(=O)Cc1cc(Cl)c(NC(=O)c2csc3ccccc23)cc1F)N1CCCC1. The van der Waals surface area contributed by atoms with Crippen molar-refractivity contribution in [2.75, 3.05) is 25.0 Å². The highest BCUT2D eigenvalue weighted by atomic mass is 35.5. The van der Waals surface area contributed by atoms with Crippen molar-refractivity contribution in [1.29, 1.82) is 0 Å². The third-order valence-corrected chi connectivity index (χ3v) is 10.9. The van der Waals surface area contributed by atoms with Gasteiger partial charge in [-0.2, -0.15) is 0 Å². The molecule has 0 radical (unpaired) electrons. The summed E-state index contributed by atoms with van der Waals surface area (Å²) in [7, 11) is 0. The fraction of sp³-hybridized carbons (Fsp3) is 0.500. The van der Waals surface area contributed by atoms with E-state index in [2.05, 4.69) is 22.0 Å². The lowest BCUT2D eigenvalue weighted by Crippen LogP contribution is -2.68. The summed E-state index contributed by atoms with van der Waals surface area (Å²) >= 11 is 8.06. The van der Waals surface area contributed by atoms with Gasteiger partial charge in [-0.25, -0.2) is 4.39 Å². The van der Waals surface area contributed by atoms with Crippen molar-refractivity contribution in [3.8, 4) is 0 Å². The molecule has 2 aromatic carbocycles. The molecule has 0 spiro atoms. The van der Waals surface area contributed by atoms with Gasteiger partial charge < -0.3 is 15.2 Å². The van der Waals surface area contributed by atoms with E-state index in [0.29, 0.717) is 50.9 Å². The average Bonchev–Trinajstić information content (AvgIpc) is 3.80. The van der Waals surface area contributed by atoms with Crippen molar-refractivity contribution >= 4 is 56.4 Å². The number of likely N-dealkylation sites (tertiary alicyclic amines) is 2. The Morgan fingerprint density at radius 3 is 2.49 bits per heavy atom. The fourth-order valence-corrected chi connectivity index (χ4v) is 8.42. The fourth-order valence-electron chi connectivity index (χ4n) is 7.24. The van der Waals surface area contributed by atoms with Crippen LogP contribution in [0.2, 0.25) is 5.02 Å². The van der Waals surface area contributed by atoms with Crippen molar-refractivity contribution in [2.45, 2.75) is 82.7 Å². The number of nitrogens with zero attached hydrogens (tertiary/aromatic N) is 2. The number of carboxylic acids is 1. The highest BCUT2D eigenvalue weighted by Gasteiger charge is 2.54. The van der Waals surface area contributed by atoms with Crippen LogP contribution in [0.5, 0.6) is 0 Å². The topological polar surface area (TPSA) is 99.2 Å². The van der Waals surface area contributed by atoms with Crippen molar-refractivity contribution in [3.05, 3.63) is 63.7 Å². The number of Topliss-reactive ketones (excluding diaryl/α,β-unsaturated/α-hetero) is 1. The Labute approximate surface area is 271 Å². The molecule has 0 bridgehead atoms. The van der Waals surface area contributed by atoms with E-state index in [4.69, 9.17) is 16.3 Å². The molecule has 6 rings (SSSR count). The van der Waals surface area contributed by atoms with Crippen LogP contribution in [0.25, 0.3) is 10.1 Å². The van der Waals surface area contributed by atoms with Crippen LogP contribution in [0.1, 0.15) is 74.2 Å². The number of benzene rings is 2. The number of carbonyl (C=O) groups excluding carboxylic acids is 2. The van der Waals surface area contributed by atoms with Gasteiger partial charge in [0.25, 0.3) is 5.91 Å². The Hall–Kier alpha value is -2.89. The van der Waals surface area contributed by atoms with E-state index in [1.807, 2.05) is 24.3 Å². The Morgan fingerprint density at radius 1 is 1.07 bits per heavy atom. The van der Waals surface area contributed by atoms with Gasteiger partial charge in [0.15, 0.2) is 5.78 Å². The van der Waals surface area contributed by atoms with Crippen molar-refractivity contribution in [2.24, 2.45) is 5.92 Å². The van der Waals surface area contributed by atoms with Gasteiger partial charge in [-0.3, -0.25) is 24.2 Å². The largest absolute Gasteiger partial charge is 0.481 e. The number of hydrogen-bond acceptors (Lipinski definition) is 7. The summed E-state index contributed by atoms with van der Waals surface area (Å²) in [6.07, 6.45) is 5.29. The number of carbonyl (C=O) groups is 3. The van der Waals surface area contributed by atoms with Gasteiger partial charge >= 0.3 is 5.97 Å². The van der Waals surface area contributed by atoms with Crippen LogP contribution < -0.4 is 5.32 Å². The Morgan fingerprint density at radius 2 is 1.80 bits per heavy atom. The van der Waals surface area contributed by atoms with Crippen LogP contribution in [0.4, 0.5) is 10.1 Å². The minimum atomic E-state index is -1.38. The van der Waals surface area contributed by atoms with Crippen LogP contribution in [0.3, 0.4) is 0 Å². The molecular weight excluding hydrogens is 617 g/mol. The number of ether oxygens (including phenoxy) is 1. The standard InChI is InChI=1S/C34H39ClFN3O5S/c1-21-7-6-16-39(21)34(38-14-4-5-15-38,44-24-12-10-22(11-13-24)33(42)43)31(40)18-23-17-27(35)29(19-28(23)36)37-32(41)26-20-45-30-9-3-2-8-25(26)30/h2-3,8-9,17,19-22,24H,4-7,10-16,18H2,1H3,(H,37,41)(H,42,43)/t21-,22-,24-,34?/m0/s1. The Kier molecular flexibility index (Phi) is 9.59. The van der Waals surface area contributed by atoms with Gasteiger partial charge in [-0.15, -0.1) is 11.3 Å². The van der Waals surface area contributed by atoms with Gasteiger partial charge in [-0.1, -0.05) is 29.8 Å². The number of ketones is 1. The lowest BCUT2D eigenvalue weighted by atomic mass is 9.87. The summed E-state index contributed by atoms with van der Waals surface area (Å²) in [5.41, 5.74) is 0.754. The zero-order valence-electron chi connectivity index (χ0n) is 25.4. The number of carboxylic acid groups (broad SMARTS) is 1. The third-order valence-electron chi connectivity index (χ3n) is 9.66. The van der Waals surface area contributed by atoms with Gasteiger partial charge in [0.05, 0.1) is 28.3 Å². The van der Waals surface area contributed by atoms with Crippen molar-refractivity contribution in [1.82, 2.24) is 9.80 Å². The molecule has 1 saturated carbocycles. The minimum absolute atomic E-state index is 0.0871. The molecule has 240 valence electrons. The number of nitrogens with one attached hydrogen (secondary N) is 1. The smallest absolute Gasteiger partial charge is 0.306 e. The van der Waals surface area contributed by atoms with Gasteiger partial charge in [0, 0.05) is 47.6 Å². The molecule has 1 aromatic heterocycles. The highest BCUT2D eigenvalue weighted by molar-refractivity contribution is 7.17. The molecule has 2 aliphatic heterocycles. The van der Waals surface area contributed by atoms with E-state index in [1.54, 1.807) is 5.38 Å².